The summed E-state index contributed by atoms with van der Waals surface area (Å²) in [6, 6.07) is 7.59. The number of nitrogens with zero attached hydrogens (tertiary/aromatic N) is 18. The van der Waals surface area contributed by atoms with E-state index in [2.05, 4.69) is 66.1 Å². The van der Waals surface area contributed by atoms with E-state index in [4.69, 9.17) is 10.5 Å². The van der Waals surface area contributed by atoms with E-state index >= 15 is 0 Å². The van der Waals surface area contributed by atoms with E-state index in [0.29, 0.717) is 79.4 Å². The van der Waals surface area contributed by atoms with Crippen molar-refractivity contribution < 1.29 is 9.13 Å². The topological polar surface area (TPSA) is 303 Å². The standard InChI is InChI=1S/C23H29FN6O3.C9H12BrN5O2.C6H7N5O2.C4H8N4/c1-15-26-27(2)21-25-22(31)29(23(32)30(15)21)11-5-10-28-17-8-9-18(28)13-19(12-17)33-14-16-6-3-4-7-20(16)24;1-6-12-13(2)7-11-8(16)14(5-3-4-10)9(17)15(6)7;1-3-9-10(2)5-7-4(12)8-6(13)11(3)5;1-3-6-4(5)8(2)7-3/h3-4,6-7,17-19H,5,8-14H2,1-2H3;3-5H2,1-2H3;1-2H3,(H,8,12,13);1-2H3,(H2,5,6,7). The molecule has 27 nitrogen and oxygen atoms in total. The fraction of sp³-hybridized carbons (Fsp3) is 0.524. The molecule has 0 saturated carbocycles. The molecule has 2 atom stereocenters. The van der Waals surface area contributed by atoms with Gasteiger partial charge in [-0.1, -0.05) is 34.1 Å². The van der Waals surface area contributed by atoms with Crippen molar-refractivity contribution in [2.24, 2.45) is 28.2 Å². The van der Waals surface area contributed by atoms with Gasteiger partial charge in [0.25, 0.3) is 0 Å². The summed E-state index contributed by atoms with van der Waals surface area (Å²) >= 11 is 3.26. The molecule has 9 heterocycles. The van der Waals surface area contributed by atoms with Gasteiger partial charge < -0.3 is 10.5 Å². The number of halogens is 2. The number of alkyl halides is 1. The van der Waals surface area contributed by atoms with E-state index in [1.54, 1.807) is 68.0 Å². The Bertz CT molecular complexity index is 3540. The number of piperidine rings is 1. The molecule has 2 aliphatic heterocycles. The number of anilines is 1. The van der Waals surface area contributed by atoms with Crippen molar-refractivity contribution >= 4 is 39.2 Å². The molecule has 2 saturated heterocycles. The number of benzene rings is 1. The van der Waals surface area contributed by atoms with E-state index in [-0.39, 0.29) is 40.6 Å². The molecule has 8 aromatic rings. The first-order valence-corrected chi connectivity index (χ1v) is 23.8. The maximum Gasteiger partial charge on any atom is 0.355 e. The monoisotopic (exact) mass is 1050 g/mol. The molecular weight excluding hydrogens is 995 g/mol. The van der Waals surface area contributed by atoms with E-state index < -0.39 is 22.8 Å². The highest BCUT2D eigenvalue weighted by Gasteiger charge is 2.40. The second-order valence-electron chi connectivity index (χ2n) is 17.1. The lowest BCUT2D eigenvalue weighted by atomic mass is 9.99. The third-order valence-corrected chi connectivity index (χ3v) is 12.7. The van der Waals surface area contributed by atoms with Crippen LogP contribution in [0.2, 0.25) is 0 Å². The summed E-state index contributed by atoms with van der Waals surface area (Å²) in [4.78, 5) is 91.1. The van der Waals surface area contributed by atoms with Crippen LogP contribution in [-0.2, 0) is 52.6 Å². The lowest BCUT2D eigenvalue weighted by Gasteiger charge is -2.38. The van der Waals surface area contributed by atoms with E-state index in [0.717, 1.165) is 42.1 Å². The molecule has 2 unspecified atom stereocenters. The number of hydrogen-bond donors (Lipinski definition) is 2. The van der Waals surface area contributed by atoms with Gasteiger partial charge in [-0.05, 0) is 72.3 Å². The number of rotatable bonds is 10. The van der Waals surface area contributed by atoms with Crippen LogP contribution in [0.5, 0.6) is 0 Å². The van der Waals surface area contributed by atoms with Crippen molar-refractivity contribution in [1.82, 2.24) is 91.3 Å². The van der Waals surface area contributed by atoms with E-state index in [1.807, 2.05) is 6.07 Å². The van der Waals surface area contributed by atoms with Crippen LogP contribution in [-0.4, -0.2) is 121 Å². The SMILES string of the molecule is Cc1nc(N)n(C)n1.Cc1nn(C)c2nc(=O)[nH]c(=O)n12.Cc1nn(C)c2nc(=O)n(CCCBr)c(=O)n12.Cc1nn(C)c2nc(=O)n(CCCN3C4CCC3CC(OCc3ccccc3F)C4)c(=O)n12. The molecule has 3 N–H and O–H groups in total. The Kier molecular flexibility index (Phi) is 15.8. The van der Waals surface area contributed by atoms with Crippen LogP contribution in [0.1, 0.15) is 67.4 Å². The maximum atomic E-state index is 13.9. The quantitative estimate of drug-likeness (QED) is 0.162. The number of hydrogen-bond acceptors (Lipinski definition) is 17. The summed E-state index contributed by atoms with van der Waals surface area (Å²) in [5.41, 5.74) is 2.92. The van der Waals surface area contributed by atoms with Crippen LogP contribution in [0.25, 0.3) is 17.3 Å². The first-order valence-electron chi connectivity index (χ1n) is 22.7. The number of aromatic nitrogens is 18. The molecule has 2 fully saturated rings. The zero-order valence-corrected chi connectivity index (χ0v) is 42.1. The van der Waals surface area contributed by atoms with Gasteiger partial charge in [-0.2, -0.15) is 40.3 Å². The highest BCUT2D eigenvalue weighted by atomic mass is 79.9. The number of H-pyrrole nitrogens is 1. The predicted octanol–water partition coefficient (Wildman–Crippen LogP) is -0.547. The van der Waals surface area contributed by atoms with Crippen LogP contribution in [0.3, 0.4) is 0 Å². The van der Waals surface area contributed by atoms with Crippen molar-refractivity contribution in [3.63, 3.8) is 0 Å². The Morgan fingerprint density at radius 3 is 1.66 bits per heavy atom. The molecule has 0 spiro atoms. The average molecular weight is 1050 g/mol. The highest BCUT2D eigenvalue weighted by molar-refractivity contribution is 9.09. The third kappa shape index (κ3) is 11.2. The number of ether oxygens (including phenoxy) is 1. The molecule has 1 aromatic carbocycles. The Hall–Kier alpha value is -7.27. The Morgan fingerprint density at radius 1 is 0.676 bits per heavy atom. The number of nitrogen functional groups attached to an aromatic ring is 1. The van der Waals surface area contributed by atoms with Gasteiger partial charge in [0.15, 0.2) is 0 Å². The van der Waals surface area contributed by atoms with Crippen molar-refractivity contribution in [3.05, 3.63) is 122 Å². The number of nitrogens with one attached hydrogen (secondary N) is 1. The summed E-state index contributed by atoms with van der Waals surface area (Å²) in [5.74, 6) is 3.24. The largest absolute Gasteiger partial charge is 0.373 e. The third-order valence-electron chi connectivity index (χ3n) is 12.1. The number of aryl methyl sites for hydroxylation is 8. The molecule has 2 aliphatic rings. The molecule has 380 valence electrons. The molecule has 2 bridgehead atoms. The van der Waals surface area contributed by atoms with Crippen LogP contribution in [0, 0.1) is 33.5 Å². The van der Waals surface area contributed by atoms with Crippen molar-refractivity contribution in [3.8, 4) is 0 Å². The average Bonchev–Trinajstić information content (AvgIpc) is 4.03. The number of nitrogens with two attached hydrogens (primary N) is 1. The maximum absolute atomic E-state index is 13.9. The normalized spacial score (nSPS) is 16.5. The minimum atomic E-state index is -0.659. The number of fused-ring (bicyclic) bond motifs is 5. The smallest absolute Gasteiger partial charge is 0.355 e. The van der Waals surface area contributed by atoms with Crippen molar-refractivity contribution in [2.45, 2.75) is 104 Å². The van der Waals surface area contributed by atoms with Gasteiger partial charge in [0.2, 0.25) is 23.3 Å². The van der Waals surface area contributed by atoms with E-state index in [9.17, 15) is 33.2 Å². The van der Waals surface area contributed by atoms with Crippen LogP contribution >= 0.6 is 15.9 Å². The molecule has 0 radical (unpaired) electrons. The Morgan fingerprint density at radius 2 is 1.18 bits per heavy atom. The molecule has 0 aliphatic carbocycles. The van der Waals surface area contributed by atoms with Gasteiger partial charge in [0, 0.05) is 70.8 Å². The van der Waals surface area contributed by atoms with Crippen LogP contribution in [0.15, 0.2) is 53.0 Å². The van der Waals surface area contributed by atoms with Gasteiger partial charge in [0.1, 0.15) is 29.1 Å². The first-order chi connectivity index (χ1) is 33.8. The summed E-state index contributed by atoms with van der Waals surface area (Å²) < 4.78 is 32.0. The zero-order chi connectivity index (χ0) is 51.4. The Balaban J connectivity index is 0.000000161. The molecule has 29 heteroatoms. The van der Waals surface area contributed by atoms with Gasteiger partial charge in [0.05, 0.1) is 12.7 Å². The lowest BCUT2D eigenvalue weighted by molar-refractivity contribution is -0.0293. The lowest BCUT2D eigenvalue weighted by Crippen LogP contribution is -2.46. The summed E-state index contributed by atoms with van der Waals surface area (Å²) in [6.07, 6.45) is 5.61. The van der Waals surface area contributed by atoms with Gasteiger partial charge in [-0.3, -0.25) is 9.88 Å². The first kappa shape index (κ1) is 51.6. The summed E-state index contributed by atoms with van der Waals surface area (Å²) in [5, 5.41) is 16.8. The fourth-order valence-electron chi connectivity index (χ4n) is 8.89. The van der Waals surface area contributed by atoms with Crippen molar-refractivity contribution in [2.75, 3.05) is 17.6 Å². The number of aromatic amines is 1. The van der Waals surface area contributed by atoms with Crippen LogP contribution < -0.4 is 39.9 Å². The van der Waals surface area contributed by atoms with Crippen molar-refractivity contribution in [1.29, 1.82) is 0 Å². The molecule has 7 aromatic heterocycles. The van der Waals surface area contributed by atoms with Gasteiger partial charge >= 0.3 is 34.1 Å². The minimum Gasteiger partial charge on any atom is -0.373 e. The second-order valence-corrected chi connectivity index (χ2v) is 17.9. The Labute approximate surface area is 410 Å². The minimum absolute atomic E-state index is 0.130. The van der Waals surface area contributed by atoms with Gasteiger partial charge in [-0.25, -0.2) is 74.2 Å². The second kappa shape index (κ2) is 21.8. The summed E-state index contributed by atoms with van der Waals surface area (Å²) in [6.45, 7) is 8.68. The van der Waals surface area contributed by atoms with Crippen LogP contribution in [0.4, 0.5) is 10.3 Å². The molecule has 71 heavy (non-hydrogen) atoms. The molecular formula is C42H56BrFN20O7. The summed E-state index contributed by atoms with van der Waals surface area (Å²) in [7, 11) is 6.69. The predicted molar refractivity (Wildman–Crippen MR) is 259 cm³/mol. The molecule has 10 rings (SSSR count). The molecule has 0 amide bonds. The fourth-order valence-corrected chi connectivity index (χ4v) is 9.14. The highest BCUT2D eigenvalue weighted by Crippen LogP contribution is 2.37. The van der Waals surface area contributed by atoms with Gasteiger partial charge in [-0.15, -0.1) is 0 Å². The zero-order valence-electron chi connectivity index (χ0n) is 40.6. The van der Waals surface area contributed by atoms with E-state index in [1.165, 1.54) is 42.6 Å².